The quantitative estimate of drug-likeness (QED) is 0.464. The van der Waals surface area contributed by atoms with Crippen molar-refractivity contribution in [3.63, 3.8) is 0 Å². The molecule has 0 radical (unpaired) electrons. The molecule has 142 valence electrons. The first kappa shape index (κ1) is 18.4. The number of hydrogen-bond donors (Lipinski definition) is 1. The van der Waals surface area contributed by atoms with Gasteiger partial charge < -0.3 is 9.88 Å². The lowest BCUT2D eigenvalue weighted by Crippen LogP contribution is -2.22. The summed E-state index contributed by atoms with van der Waals surface area (Å²) in [5.74, 6) is -0.158. The number of nitrogens with zero attached hydrogens (tertiary/aromatic N) is 1. The monoisotopic (exact) mass is 392 g/mol. The summed E-state index contributed by atoms with van der Waals surface area (Å²) in [6, 6.07) is 18.9. The summed E-state index contributed by atoms with van der Waals surface area (Å²) in [6.45, 7) is 1.04. The number of amides is 1. The minimum atomic E-state index is -0.199. The third-order valence-corrected chi connectivity index (χ3v) is 5.71. The lowest BCUT2D eigenvalue weighted by atomic mass is 10.1. The molecule has 0 aliphatic carbocycles. The number of thiophene rings is 1. The second-order valence-electron chi connectivity index (χ2n) is 6.75. The molecule has 2 aromatic carbocycles. The molecule has 1 amide bonds. The molecular formula is C23H21FN2OS. The van der Waals surface area contributed by atoms with E-state index in [2.05, 4.69) is 16.0 Å². The number of fused-ring (bicyclic) bond motifs is 1. The molecule has 2 aromatic heterocycles. The highest BCUT2D eigenvalue weighted by molar-refractivity contribution is 7.09. The fourth-order valence-electron chi connectivity index (χ4n) is 3.40. The number of para-hydroxylation sites is 1. The topological polar surface area (TPSA) is 34.0 Å². The summed E-state index contributed by atoms with van der Waals surface area (Å²) in [7, 11) is 0. The Balaban J connectivity index is 1.48. The van der Waals surface area contributed by atoms with Crippen molar-refractivity contribution in [1.29, 1.82) is 0 Å². The van der Waals surface area contributed by atoms with E-state index in [9.17, 15) is 9.18 Å². The van der Waals surface area contributed by atoms with Crippen molar-refractivity contribution in [3.8, 4) is 0 Å². The molecule has 0 aliphatic rings. The maximum atomic E-state index is 14.1. The molecule has 4 rings (SSSR count). The van der Waals surface area contributed by atoms with Gasteiger partial charge >= 0.3 is 0 Å². The number of halogens is 1. The van der Waals surface area contributed by atoms with E-state index in [0.29, 0.717) is 31.5 Å². The minimum Gasteiger partial charge on any atom is -0.351 e. The summed E-state index contributed by atoms with van der Waals surface area (Å²) < 4.78 is 16.1. The first-order chi connectivity index (χ1) is 13.7. The zero-order chi connectivity index (χ0) is 19.3. The van der Waals surface area contributed by atoms with Crippen LogP contribution < -0.4 is 5.32 Å². The van der Waals surface area contributed by atoms with Crippen LogP contribution in [0.3, 0.4) is 0 Å². The van der Waals surface area contributed by atoms with E-state index in [4.69, 9.17) is 0 Å². The van der Waals surface area contributed by atoms with Crippen LogP contribution >= 0.6 is 11.3 Å². The lowest BCUT2D eigenvalue weighted by Gasteiger charge is -2.06. The second-order valence-corrected chi connectivity index (χ2v) is 7.78. The van der Waals surface area contributed by atoms with Gasteiger partial charge in [-0.25, -0.2) is 4.39 Å². The largest absolute Gasteiger partial charge is 0.351 e. The second kappa shape index (κ2) is 8.40. The average Bonchev–Trinajstić information content (AvgIpc) is 3.35. The van der Waals surface area contributed by atoms with Gasteiger partial charge in [0.15, 0.2) is 0 Å². The SMILES string of the molecule is O=C(CCc1cn(Cc2ccccc2F)c2ccccc12)NCc1cccs1. The van der Waals surface area contributed by atoms with Crippen molar-refractivity contribution in [3.05, 3.63) is 94.1 Å². The number of aromatic nitrogens is 1. The van der Waals surface area contributed by atoms with Gasteiger partial charge in [-0.2, -0.15) is 0 Å². The van der Waals surface area contributed by atoms with Gasteiger partial charge in [0.25, 0.3) is 0 Å². The van der Waals surface area contributed by atoms with Crippen LogP contribution in [0.5, 0.6) is 0 Å². The zero-order valence-electron chi connectivity index (χ0n) is 15.4. The number of rotatable bonds is 7. The van der Waals surface area contributed by atoms with Gasteiger partial charge in [0.2, 0.25) is 5.91 Å². The summed E-state index contributed by atoms with van der Waals surface area (Å²) in [6.07, 6.45) is 3.13. The van der Waals surface area contributed by atoms with E-state index in [1.54, 1.807) is 17.4 Å². The van der Waals surface area contributed by atoms with E-state index >= 15 is 0 Å². The third-order valence-electron chi connectivity index (χ3n) is 4.83. The fourth-order valence-corrected chi connectivity index (χ4v) is 4.04. The Morgan fingerprint density at radius 1 is 1.00 bits per heavy atom. The van der Waals surface area contributed by atoms with Crippen molar-refractivity contribution in [1.82, 2.24) is 9.88 Å². The Morgan fingerprint density at radius 3 is 2.64 bits per heavy atom. The highest BCUT2D eigenvalue weighted by atomic mass is 32.1. The maximum Gasteiger partial charge on any atom is 0.220 e. The molecule has 3 nitrogen and oxygen atoms in total. The van der Waals surface area contributed by atoms with Crippen LogP contribution in [-0.2, 0) is 24.3 Å². The van der Waals surface area contributed by atoms with Gasteiger partial charge in [0.05, 0.1) is 13.1 Å². The Morgan fingerprint density at radius 2 is 1.82 bits per heavy atom. The van der Waals surface area contributed by atoms with Crippen molar-refractivity contribution < 1.29 is 9.18 Å². The van der Waals surface area contributed by atoms with E-state index in [-0.39, 0.29) is 11.7 Å². The number of carbonyl (C=O) groups is 1. The van der Waals surface area contributed by atoms with Gasteiger partial charge in [-0.05, 0) is 35.6 Å². The Labute approximate surface area is 167 Å². The number of hydrogen-bond acceptors (Lipinski definition) is 2. The molecule has 0 aliphatic heterocycles. The number of nitrogens with one attached hydrogen (secondary N) is 1. The number of aryl methyl sites for hydroxylation is 1. The Bertz CT molecular complexity index is 1090. The van der Waals surface area contributed by atoms with Gasteiger partial charge in [0.1, 0.15) is 5.82 Å². The molecular weight excluding hydrogens is 371 g/mol. The van der Waals surface area contributed by atoms with Crippen molar-refractivity contribution >= 4 is 28.1 Å². The van der Waals surface area contributed by atoms with E-state index in [1.807, 2.05) is 54.0 Å². The molecule has 0 saturated heterocycles. The molecule has 4 aromatic rings. The van der Waals surface area contributed by atoms with Crippen LogP contribution in [-0.4, -0.2) is 10.5 Å². The summed E-state index contributed by atoms with van der Waals surface area (Å²) in [4.78, 5) is 13.4. The standard InChI is InChI=1S/C23H21FN2OS/c24-21-9-3-1-6-18(21)16-26-15-17(20-8-2-4-10-22(20)26)11-12-23(27)25-14-19-7-5-13-28-19/h1-10,13,15H,11-12,14,16H2,(H,25,27). The molecule has 0 fully saturated rings. The lowest BCUT2D eigenvalue weighted by molar-refractivity contribution is -0.121. The highest BCUT2D eigenvalue weighted by Crippen LogP contribution is 2.24. The molecule has 0 unspecified atom stereocenters. The highest BCUT2D eigenvalue weighted by Gasteiger charge is 2.12. The molecule has 2 heterocycles. The molecule has 0 saturated carbocycles. The van der Waals surface area contributed by atoms with Gasteiger partial charge in [-0.1, -0.05) is 42.5 Å². The molecule has 0 bridgehead atoms. The minimum absolute atomic E-state index is 0.0411. The van der Waals surface area contributed by atoms with Crippen LogP contribution in [0.25, 0.3) is 10.9 Å². The molecule has 28 heavy (non-hydrogen) atoms. The average molecular weight is 392 g/mol. The smallest absolute Gasteiger partial charge is 0.220 e. The summed E-state index contributed by atoms with van der Waals surface area (Å²) in [5.41, 5.74) is 2.82. The predicted molar refractivity (Wildman–Crippen MR) is 112 cm³/mol. The fraction of sp³-hybridized carbons (Fsp3) is 0.174. The normalized spacial score (nSPS) is 11.0. The predicted octanol–water partition coefficient (Wildman–Crippen LogP) is 5.14. The van der Waals surface area contributed by atoms with Crippen molar-refractivity contribution in [2.24, 2.45) is 0 Å². The zero-order valence-corrected chi connectivity index (χ0v) is 16.2. The Hall–Kier alpha value is -2.92. The first-order valence-corrected chi connectivity index (χ1v) is 10.2. The summed E-state index contributed by atoms with van der Waals surface area (Å²) >= 11 is 1.64. The molecule has 0 atom stereocenters. The number of carbonyl (C=O) groups excluding carboxylic acids is 1. The van der Waals surface area contributed by atoms with Gasteiger partial charge in [-0.3, -0.25) is 4.79 Å². The molecule has 5 heteroatoms. The molecule has 1 N–H and O–H groups in total. The third kappa shape index (κ3) is 4.15. The van der Waals surface area contributed by atoms with Crippen molar-refractivity contribution in [2.45, 2.75) is 25.9 Å². The van der Waals surface area contributed by atoms with Crippen LogP contribution in [0.15, 0.2) is 72.2 Å². The van der Waals surface area contributed by atoms with Crippen LogP contribution in [0, 0.1) is 5.82 Å². The van der Waals surface area contributed by atoms with E-state index in [0.717, 1.165) is 21.3 Å². The number of benzene rings is 2. The first-order valence-electron chi connectivity index (χ1n) is 9.30. The van der Waals surface area contributed by atoms with Crippen LogP contribution in [0.2, 0.25) is 0 Å². The van der Waals surface area contributed by atoms with Crippen molar-refractivity contribution in [2.75, 3.05) is 0 Å². The molecule has 0 spiro atoms. The maximum absolute atomic E-state index is 14.1. The van der Waals surface area contributed by atoms with E-state index < -0.39 is 0 Å². The Kier molecular flexibility index (Phi) is 5.53. The van der Waals surface area contributed by atoms with Gasteiger partial charge in [-0.15, -0.1) is 11.3 Å². The van der Waals surface area contributed by atoms with Crippen LogP contribution in [0.1, 0.15) is 22.4 Å². The summed E-state index contributed by atoms with van der Waals surface area (Å²) in [5, 5.41) is 6.09. The van der Waals surface area contributed by atoms with E-state index in [1.165, 1.54) is 6.07 Å². The van der Waals surface area contributed by atoms with Crippen LogP contribution in [0.4, 0.5) is 4.39 Å². The van der Waals surface area contributed by atoms with Gasteiger partial charge in [0, 0.05) is 34.0 Å².